The largest absolute Gasteiger partial charge is 0.407 e. The van der Waals surface area contributed by atoms with Crippen LogP contribution in [0.3, 0.4) is 0 Å². The Labute approximate surface area is 233 Å². The summed E-state index contributed by atoms with van der Waals surface area (Å²) in [6, 6.07) is 32.3. The molecule has 206 valence electrons. The SMILES string of the molecule is CC(C)(C)[Si](OCCCCCCCCCCCONCc1ccccc1)(c1ccccc1)c1ccccc1. The second-order valence-corrected chi connectivity index (χ2v) is 15.7. The summed E-state index contributed by atoms with van der Waals surface area (Å²) < 4.78 is 7.01. The molecule has 0 saturated heterocycles. The third kappa shape index (κ3) is 9.50. The molecule has 0 spiro atoms. The van der Waals surface area contributed by atoms with Gasteiger partial charge in [-0.15, -0.1) is 0 Å². The highest BCUT2D eigenvalue weighted by atomic mass is 28.4. The Balaban J connectivity index is 1.28. The predicted octanol–water partition coefficient (Wildman–Crippen LogP) is 7.80. The normalized spacial score (nSPS) is 12.1. The Kier molecular flexibility index (Phi) is 13.3. The van der Waals surface area contributed by atoms with E-state index in [-0.39, 0.29) is 5.04 Å². The van der Waals surface area contributed by atoms with Crippen molar-refractivity contribution in [2.45, 2.75) is 90.1 Å². The third-order valence-corrected chi connectivity index (χ3v) is 12.4. The van der Waals surface area contributed by atoms with Crippen LogP contribution < -0.4 is 15.9 Å². The van der Waals surface area contributed by atoms with Gasteiger partial charge in [-0.25, -0.2) is 0 Å². The molecule has 3 aromatic rings. The fraction of sp³-hybridized carbons (Fsp3) is 0.471. The lowest BCUT2D eigenvalue weighted by molar-refractivity contribution is 0.0340. The molecular formula is C34H49NO2Si. The molecule has 0 amide bonds. The van der Waals surface area contributed by atoms with Crippen LogP contribution in [0.25, 0.3) is 0 Å². The lowest BCUT2D eigenvalue weighted by Crippen LogP contribution is -2.66. The maximum atomic E-state index is 7.01. The van der Waals surface area contributed by atoms with Crippen LogP contribution >= 0.6 is 0 Å². The Morgan fingerprint density at radius 2 is 0.974 bits per heavy atom. The third-order valence-electron chi connectivity index (χ3n) is 7.35. The second-order valence-electron chi connectivity index (χ2n) is 11.3. The zero-order chi connectivity index (χ0) is 26.9. The van der Waals surface area contributed by atoms with Crippen molar-refractivity contribution in [3.8, 4) is 0 Å². The molecule has 0 fully saturated rings. The Morgan fingerprint density at radius 1 is 0.553 bits per heavy atom. The van der Waals surface area contributed by atoms with Crippen molar-refractivity contribution >= 4 is 18.7 Å². The van der Waals surface area contributed by atoms with Gasteiger partial charge in [0, 0.05) is 13.2 Å². The van der Waals surface area contributed by atoms with E-state index in [1.165, 1.54) is 60.9 Å². The van der Waals surface area contributed by atoms with Gasteiger partial charge in [-0.05, 0) is 33.8 Å². The number of hydroxylamine groups is 1. The Morgan fingerprint density at radius 3 is 1.45 bits per heavy atom. The van der Waals surface area contributed by atoms with Gasteiger partial charge in [-0.2, -0.15) is 5.48 Å². The molecule has 0 aliphatic heterocycles. The van der Waals surface area contributed by atoms with Crippen LogP contribution in [0.2, 0.25) is 5.04 Å². The van der Waals surface area contributed by atoms with Crippen molar-refractivity contribution in [2.75, 3.05) is 13.2 Å². The van der Waals surface area contributed by atoms with Crippen molar-refractivity contribution in [2.24, 2.45) is 0 Å². The lowest BCUT2D eigenvalue weighted by atomic mass is 10.1. The molecule has 0 atom stereocenters. The van der Waals surface area contributed by atoms with Gasteiger partial charge in [0.15, 0.2) is 0 Å². The van der Waals surface area contributed by atoms with Crippen LogP contribution in [-0.4, -0.2) is 21.5 Å². The zero-order valence-corrected chi connectivity index (χ0v) is 25.0. The topological polar surface area (TPSA) is 30.5 Å². The van der Waals surface area contributed by atoms with Crippen LogP contribution in [0.1, 0.15) is 84.1 Å². The highest BCUT2D eigenvalue weighted by Crippen LogP contribution is 2.36. The van der Waals surface area contributed by atoms with E-state index in [1.54, 1.807) is 0 Å². The summed E-state index contributed by atoms with van der Waals surface area (Å²) >= 11 is 0. The number of benzene rings is 3. The standard InChI is InChI=1S/C34H49NO2Si/c1-34(2,3)38(32-24-16-12-17-25-32,33-26-18-13-19-27-33)37-29-21-10-8-6-4-5-7-9-20-28-36-35-30-31-22-14-11-15-23-31/h11-19,22-27,35H,4-10,20-21,28-30H2,1-3H3. The lowest BCUT2D eigenvalue weighted by Gasteiger charge is -2.43. The van der Waals surface area contributed by atoms with Gasteiger partial charge in [-0.1, -0.05) is 157 Å². The summed E-state index contributed by atoms with van der Waals surface area (Å²) in [6.45, 7) is 9.46. The summed E-state index contributed by atoms with van der Waals surface area (Å²) in [7, 11) is -2.38. The van der Waals surface area contributed by atoms with Gasteiger partial charge in [0.25, 0.3) is 8.32 Å². The molecule has 1 N–H and O–H groups in total. The van der Waals surface area contributed by atoms with E-state index in [0.29, 0.717) is 0 Å². The number of nitrogens with one attached hydrogen (secondary N) is 1. The molecule has 0 bridgehead atoms. The number of hydrogen-bond donors (Lipinski definition) is 1. The predicted molar refractivity (Wildman–Crippen MR) is 164 cm³/mol. The maximum absolute atomic E-state index is 7.01. The van der Waals surface area contributed by atoms with Gasteiger partial charge in [0.2, 0.25) is 0 Å². The molecule has 3 aromatic carbocycles. The quantitative estimate of drug-likeness (QED) is 0.103. The summed E-state index contributed by atoms with van der Waals surface area (Å²) in [5.41, 5.74) is 4.32. The first kappa shape index (κ1) is 30.3. The van der Waals surface area contributed by atoms with E-state index in [0.717, 1.165) is 32.6 Å². The second kappa shape index (κ2) is 16.7. The van der Waals surface area contributed by atoms with Gasteiger partial charge < -0.3 is 9.26 Å². The van der Waals surface area contributed by atoms with E-state index >= 15 is 0 Å². The van der Waals surface area contributed by atoms with E-state index in [1.807, 2.05) is 6.07 Å². The Hall–Kier alpha value is -2.24. The first-order chi connectivity index (χ1) is 18.5. The molecular weight excluding hydrogens is 482 g/mol. The molecule has 3 rings (SSSR count). The molecule has 0 aliphatic rings. The summed E-state index contributed by atoms with van der Waals surface area (Å²) in [5, 5.41) is 2.80. The minimum absolute atomic E-state index is 0.0543. The molecule has 0 radical (unpaired) electrons. The van der Waals surface area contributed by atoms with Crippen LogP contribution in [0.4, 0.5) is 0 Å². The molecule has 38 heavy (non-hydrogen) atoms. The minimum Gasteiger partial charge on any atom is -0.407 e. The molecule has 0 aliphatic carbocycles. The monoisotopic (exact) mass is 531 g/mol. The van der Waals surface area contributed by atoms with Crippen molar-refractivity contribution in [3.63, 3.8) is 0 Å². The van der Waals surface area contributed by atoms with E-state index < -0.39 is 8.32 Å². The van der Waals surface area contributed by atoms with Gasteiger partial charge >= 0.3 is 0 Å². The maximum Gasteiger partial charge on any atom is 0.261 e. The van der Waals surface area contributed by atoms with Crippen LogP contribution in [0.5, 0.6) is 0 Å². The molecule has 0 saturated carbocycles. The first-order valence-electron chi connectivity index (χ1n) is 14.7. The van der Waals surface area contributed by atoms with Gasteiger partial charge in [-0.3, -0.25) is 0 Å². The minimum atomic E-state index is -2.38. The zero-order valence-electron chi connectivity index (χ0n) is 24.0. The van der Waals surface area contributed by atoms with Crippen LogP contribution in [0, 0.1) is 0 Å². The van der Waals surface area contributed by atoms with E-state index in [4.69, 9.17) is 9.26 Å². The van der Waals surface area contributed by atoms with E-state index in [9.17, 15) is 0 Å². The van der Waals surface area contributed by atoms with Gasteiger partial charge in [0.1, 0.15) is 0 Å². The average Bonchev–Trinajstić information content (AvgIpc) is 2.94. The molecule has 0 aromatic heterocycles. The summed E-state index contributed by atoms with van der Waals surface area (Å²) in [6.07, 6.45) is 11.4. The first-order valence-corrected chi connectivity index (χ1v) is 16.6. The molecule has 0 unspecified atom stereocenters. The van der Waals surface area contributed by atoms with Crippen LogP contribution in [0.15, 0.2) is 91.0 Å². The Bertz CT molecular complexity index is 950. The van der Waals surface area contributed by atoms with E-state index in [2.05, 4.69) is 111 Å². The molecule has 0 heterocycles. The molecule has 3 nitrogen and oxygen atoms in total. The number of unbranched alkanes of at least 4 members (excludes halogenated alkanes) is 8. The van der Waals surface area contributed by atoms with Gasteiger partial charge in [0.05, 0.1) is 6.61 Å². The highest BCUT2D eigenvalue weighted by molar-refractivity contribution is 6.99. The smallest absolute Gasteiger partial charge is 0.261 e. The summed E-state index contributed by atoms with van der Waals surface area (Å²) in [4.78, 5) is 5.56. The fourth-order valence-electron chi connectivity index (χ4n) is 5.30. The van der Waals surface area contributed by atoms with Crippen molar-refractivity contribution in [1.29, 1.82) is 0 Å². The highest BCUT2D eigenvalue weighted by Gasteiger charge is 2.49. The summed E-state index contributed by atoms with van der Waals surface area (Å²) in [5.74, 6) is 0. The molecule has 4 heteroatoms. The average molecular weight is 532 g/mol. The van der Waals surface area contributed by atoms with Crippen molar-refractivity contribution < 1.29 is 9.26 Å². The fourth-order valence-corrected chi connectivity index (χ4v) is 9.91. The van der Waals surface area contributed by atoms with Crippen molar-refractivity contribution in [1.82, 2.24) is 5.48 Å². The van der Waals surface area contributed by atoms with Crippen LogP contribution in [-0.2, 0) is 15.8 Å². The number of hydrogen-bond acceptors (Lipinski definition) is 3. The number of rotatable bonds is 18. The van der Waals surface area contributed by atoms with Crippen molar-refractivity contribution in [3.05, 3.63) is 96.6 Å².